The topological polar surface area (TPSA) is 0 Å². The maximum atomic E-state index is 2.48. The third-order valence-corrected chi connectivity index (χ3v) is 6.03. The van der Waals surface area contributed by atoms with Crippen molar-refractivity contribution < 1.29 is 0 Å². The highest BCUT2D eigenvalue weighted by molar-refractivity contribution is 4.94. The molecule has 3 unspecified atom stereocenters. The molecule has 0 nitrogen and oxygen atoms in total. The molecule has 0 saturated heterocycles. The van der Waals surface area contributed by atoms with Gasteiger partial charge in [-0.1, -0.05) is 110 Å². The number of allylic oxidation sites excluding steroid dienone is 2. The Morgan fingerprint density at radius 1 is 0.600 bits per heavy atom. The summed E-state index contributed by atoms with van der Waals surface area (Å²) >= 11 is 0. The predicted octanol–water partition coefficient (Wildman–Crippen LogP) is 9.20. The summed E-state index contributed by atoms with van der Waals surface area (Å²) in [5.41, 5.74) is 1.55. The van der Waals surface area contributed by atoms with E-state index in [1.807, 2.05) is 0 Å². The molecule has 0 saturated carbocycles. The molecule has 0 fully saturated rings. The van der Waals surface area contributed by atoms with Gasteiger partial charge in [-0.05, 0) is 50.4 Å². The van der Waals surface area contributed by atoms with Gasteiger partial charge >= 0.3 is 0 Å². The molecule has 0 radical (unpaired) electrons. The van der Waals surface area contributed by atoms with Gasteiger partial charge in [0.1, 0.15) is 0 Å². The van der Waals surface area contributed by atoms with E-state index in [1.165, 1.54) is 77.0 Å². The predicted molar refractivity (Wildman–Crippen MR) is 117 cm³/mol. The zero-order valence-corrected chi connectivity index (χ0v) is 18.9. The fraction of sp³-hybridized carbons (Fsp3) is 0.920. The maximum Gasteiger partial charge on any atom is -0.0323 e. The Bertz CT molecular complexity index is 312. The minimum atomic E-state index is 0.877. The highest BCUT2D eigenvalue weighted by Gasteiger charge is 2.08. The van der Waals surface area contributed by atoms with Crippen LogP contribution in [0.25, 0.3) is 0 Å². The average molecular weight is 351 g/mol. The van der Waals surface area contributed by atoms with Gasteiger partial charge in [-0.3, -0.25) is 0 Å². The molecule has 0 bridgehead atoms. The molecule has 25 heavy (non-hydrogen) atoms. The van der Waals surface area contributed by atoms with Crippen LogP contribution in [0, 0.1) is 23.7 Å². The Labute approximate surface area is 161 Å². The zero-order valence-electron chi connectivity index (χ0n) is 18.9. The molecule has 0 aliphatic rings. The molecule has 0 aromatic rings. The highest BCUT2D eigenvalue weighted by atomic mass is 14.1. The van der Waals surface area contributed by atoms with E-state index >= 15 is 0 Å². The first-order valence-corrected chi connectivity index (χ1v) is 11.5. The van der Waals surface area contributed by atoms with Crippen LogP contribution in [0.1, 0.15) is 126 Å². The Kier molecular flexibility index (Phi) is 15.8. The summed E-state index contributed by atoms with van der Waals surface area (Å²) in [4.78, 5) is 0. The molecule has 0 N–H and O–H groups in total. The van der Waals surface area contributed by atoms with Crippen molar-refractivity contribution in [3.05, 3.63) is 11.6 Å². The molecule has 0 heteroatoms. The molecule has 0 rings (SSSR count). The minimum Gasteiger partial charge on any atom is -0.0887 e. The van der Waals surface area contributed by atoms with Gasteiger partial charge in [-0.15, -0.1) is 0 Å². The summed E-state index contributed by atoms with van der Waals surface area (Å²) in [7, 11) is 0. The number of rotatable bonds is 16. The summed E-state index contributed by atoms with van der Waals surface area (Å²) in [6, 6.07) is 0. The second kappa shape index (κ2) is 16.0. The van der Waals surface area contributed by atoms with E-state index in [-0.39, 0.29) is 0 Å². The van der Waals surface area contributed by atoms with Crippen molar-refractivity contribution in [2.24, 2.45) is 23.7 Å². The molecule has 0 aliphatic carbocycles. The van der Waals surface area contributed by atoms with Gasteiger partial charge in [0.15, 0.2) is 0 Å². The van der Waals surface area contributed by atoms with E-state index in [9.17, 15) is 0 Å². The third kappa shape index (κ3) is 16.9. The quantitative estimate of drug-likeness (QED) is 0.243. The van der Waals surface area contributed by atoms with Crippen molar-refractivity contribution in [3.63, 3.8) is 0 Å². The Balaban J connectivity index is 3.55. The van der Waals surface area contributed by atoms with Crippen LogP contribution < -0.4 is 0 Å². The number of hydrogen-bond acceptors (Lipinski definition) is 0. The van der Waals surface area contributed by atoms with Gasteiger partial charge in [0.05, 0.1) is 0 Å². The van der Waals surface area contributed by atoms with Crippen LogP contribution in [0.4, 0.5) is 0 Å². The van der Waals surface area contributed by atoms with Gasteiger partial charge in [0.2, 0.25) is 0 Å². The molecule has 150 valence electrons. The van der Waals surface area contributed by atoms with Crippen LogP contribution in [0.15, 0.2) is 11.6 Å². The first kappa shape index (κ1) is 24.7. The van der Waals surface area contributed by atoms with E-state index in [0.717, 1.165) is 23.7 Å². The van der Waals surface area contributed by atoms with Crippen molar-refractivity contribution in [2.45, 2.75) is 126 Å². The molecule has 0 heterocycles. The lowest BCUT2D eigenvalue weighted by Crippen LogP contribution is -2.01. The van der Waals surface area contributed by atoms with E-state index in [0.29, 0.717) is 0 Å². The SMILES string of the molecule is C/C=C(\C)CCCC(C)CCCC(C)CCCC(C)CCCC(C)C. The van der Waals surface area contributed by atoms with Crippen LogP contribution in [-0.2, 0) is 0 Å². The Morgan fingerprint density at radius 2 is 0.960 bits per heavy atom. The molecule has 0 aliphatic heterocycles. The summed E-state index contributed by atoms with van der Waals surface area (Å²) in [6.45, 7) is 16.5. The Morgan fingerprint density at radius 3 is 1.32 bits per heavy atom. The van der Waals surface area contributed by atoms with E-state index in [4.69, 9.17) is 0 Å². The smallest absolute Gasteiger partial charge is 0.0323 e. The summed E-state index contributed by atoms with van der Waals surface area (Å²) in [5, 5.41) is 0. The number of hydrogen-bond donors (Lipinski definition) is 0. The fourth-order valence-corrected chi connectivity index (χ4v) is 3.81. The highest BCUT2D eigenvalue weighted by Crippen LogP contribution is 2.23. The Hall–Kier alpha value is -0.260. The fourth-order valence-electron chi connectivity index (χ4n) is 3.81. The van der Waals surface area contributed by atoms with Crippen molar-refractivity contribution in [1.29, 1.82) is 0 Å². The lowest BCUT2D eigenvalue weighted by Gasteiger charge is -2.16. The molecule has 0 aromatic carbocycles. The standard InChI is InChI=1S/C25H50/c1-8-22(4)14-10-16-24(6)18-12-20-25(7)19-11-17-23(5)15-9-13-21(2)3/h8,21,23-25H,9-20H2,1-7H3/b22-8+. The largest absolute Gasteiger partial charge is 0.0887 e. The normalized spacial score (nSPS) is 16.2. The molecule has 0 aromatic heterocycles. The summed E-state index contributed by atoms with van der Waals surface area (Å²) in [5.74, 6) is 3.66. The van der Waals surface area contributed by atoms with Crippen molar-refractivity contribution in [2.75, 3.05) is 0 Å². The van der Waals surface area contributed by atoms with Crippen LogP contribution in [0.3, 0.4) is 0 Å². The third-order valence-electron chi connectivity index (χ3n) is 6.03. The summed E-state index contributed by atoms with van der Waals surface area (Å²) < 4.78 is 0. The molecule has 0 spiro atoms. The van der Waals surface area contributed by atoms with Gasteiger partial charge in [0.25, 0.3) is 0 Å². The van der Waals surface area contributed by atoms with Gasteiger partial charge in [-0.2, -0.15) is 0 Å². The second-order valence-corrected chi connectivity index (χ2v) is 9.53. The first-order chi connectivity index (χ1) is 11.8. The first-order valence-electron chi connectivity index (χ1n) is 11.5. The minimum absolute atomic E-state index is 0.877. The van der Waals surface area contributed by atoms with Crippen molar-refractivity contribution >= 4 is 0 Å². The van der Waals surface area contributed by atoms with Crippen LogP contribution in [-0.4, -0.2) is 0 Å². The summed E-state index contributed by atoms with van der Waals surface area (Å²) in [6.07, 6.45) is 19.3. The van der Waals surface area contributed by atoms with E-state index in [2.05, 4.69) is 54.5 Å². The van der Waals surface area contributed by atoms with E-state index < -0.39 is 0 Å². The zero-order chi connectivity index (χ0) is 19.1. The van der Waals surface area contributed by atoms with Gasteiger partial charge < -0.3 is 0 Å². The van der Waals surface area contributed by atoms with Crippen LogP contribution in [0.2, 0.25) is 0 Å². The van der Waals surface area contributed by atoms with Gasteiger partial charge in [0, 0.05) is 0 Å². The lowest BCUT2D eigenvalue weighted by atomic mass is 9.90. The second-order valence-electron chi connectivity index (χ2n) is 9.53. The average Bonchev–Trinajstić information content (AvgIpc) is 2.54. The lowest BCUT2D eigenvalue weighted by molar-refractivity contribution is 0.372. The van der Waals surface area contributed by atoms with Crippen LogP contribution in [0.5, 0.6) is 0 Å². The monoisotopic (exact) mass is 350 g/mol. The van der Waals surface area contributed by atoms with Crippen LogP contribution >= 0.6 is 0 Å². The van der Waals surface area contributed by atoms with E-state index in [1.54, 1.807) is 5.57 Å². The van der Waals surface area contributed by atoms with Crippen molar-refractivity contribution in [1.82, 2.24) is 0 Å². The van der Waals surface area contributed by atoms with Crippen molar-refractivity contribution in [3.8, 4) is 0 Å². The molecular weight excluding hydrogens is 300 g/mol. The molecule has 0 amide bonds. The maximum absolute atomic E-state index is 2.48. The van der Waals surface area contributed by atoms with Gasteiger partial charge in [-0.25, -0.2) is 0 Å². The molecule has 3 atom stereocenters. The molecular formula is C25H50.